The summed E-state index contributed by atoms with van der Waals surface area (Å²) in [5.74, 6) is 1.90. The van der Waals surface area contributed by atoms with Crippen molar-refractivity contribution < 1.29 is 9.30 Å². The lowest BCUT2D eigenvalue weighted by atomic mass is 9.74. The summed E-state index contributed by atoms with van der Waals surface area (Å²) in [4.78, 5) is 5.19. The van der Waals surface area contributed by atoms with Crippen molar-refractivity contribution in [3.63, 3.8) is 0 Å². The normalized spacial score (nSPS) is 18.4. The van der Waals surface area contributed by atoms with Crippen molar-refractivity contribution in [2.24, 2.45) is 0 Å². The molecule has 6 heterocycles. The lowest BCUT2D eigenvalue weighted by Gasteiger charge is -2.44. The Morgan fingerprint density at radius 1 is 0.544 bits per heavy atom. The molecule has 0 saturated heterocycles. The predicted octanol–water partition coefficient (Wildman–Crippen LogP) is 12.1. The molecular formula is C52H45N4O+. The predicted molar refractivity (Wildman–Crippen MR) is 233 cm³/mol. The summed E-state index contributed by atoms with van der Waals surface area (Å²) in [7, 11) is 2.30. The molecule has 0 radical (unpaired) electrons. The Morgan fingerprint density at radius 2 is 1.12 bits per heavy atom. The molecule has 0 amide bonds. The third-order valence-electron chi connectivity index (χ3n) is 13.3. The fourth-order valence-electron chi connectivity index (χ4n) is 10.6. The molecule has 1 spiro atoms. The van der Waals surface area contributed by atoms with Gasteiger partial charge < -0.3 is 14.5 Å². The average Bonchev–Trinajstić information content (AvgIpc) is 3.82. The zero-order chi connectivity index (χ0) is 38.7. The highest BCUT2D eigenvalue weighted by Crippen LogP contribution is 2.66. The van der Waals surface area contributed by atoms with Gasteiger partial charge in [0.1, 0.15) is 22.7 Å². The van der Waals surface area contributed by atoms with Crippen LogP contribution in [0.1, 0.15) is 63.8 Å². The topological polar surface area (TPSA) is 24.5 Å². The van der Waals surface area contributed by atoms with E-state index in [1.165, 1.54) is 89.2 Å². The fraction of sp³-hybridized carbons (Fsp3) is 0.212. The molecule has 2 atom stereocenters. The molecule has 0 fully saturated rings. The number of fused-ring (bicyclic) bond motifs is 8. The highest BCUT2D eigenvalue weighted by Gasteiger charge is 2.69. The Kier molecular flexibility index (Phi) is 6.19. The molecule has 12 rings (SSSR count). The Bertz CT molecular complexity index is 3040. The van der Waals surface area contributed by atoms with E-state index in [1.54, 1.807) is 0 Å². The van der Waals surface area contributed by atoms with Gasteiger partial charge in [0.2, 0.25) is 5.54 Å². The summed E-state index contributed by atoms with van der Waals surface area (Å²) in [6, 6.07) is 49.8. The van der Waals surface area contributed by atoms with Crippen molar-refractivity contribution >= 4 is 39.0 Å². The number of pyridine rings is 1. The number of ether oxygens (including phenoxy) is 1. The molecule has 0 aliphatic carbocycles. The standard InChI is InChI=1S/C52H45N4O/c1-50(2,3)35-27-42-46-44(29-35)57-45-30-36(51(4,5)6)28-43-47(45)52(46,54-25-13-17-38-37-16-11-12-18-39(37)55(42)48(38)54)49-53(7)40-24-23-34(26-41(40)56(43)49)33-21-19-32(20-22-33)31-14-9-8-10-15-31/h8-30,49H,1-7H3/q+1. The Labute approximate surface area is 334 Å². The number of hydrogen-bond donors (Lipinski definition) is 0. The van der Waals surface area contributed by atoms with Crippen molar-refractivity contribution in [1.29, 1.82) is 0 Å². The van der Waals surface area contributed by atoms with Gasteiger partial charge in [0.25, 0.3) is 5.65 Å². The smallest absolute Gasteiger partial charge is 0.296 e. The van der Waals surface area contributed by atoms with Gasteiger partial charge in [-0.05, 0) is 105 Å². The summed E-state index contributed by atoms with van der Waals surface area (Å²) in [6.07, 6.45) is 2.23. The average molecular weight is 742 g/mol. The first-order valence-corrected chi connectivity index (χ1v) is 20.3. The molecule has 2 aromatic heterocycles. The van der Waals surface area contributed by atoms with Gasteiger partial charge in [-0.15, -0.1) is 0 Å². The molecule has 57 heavy (non-hydrogen) atoms. The summed E-state index contributed by atoms with van der Waals surface area (Å²) in [5.41, 5.74) is 16.3. The van der Waals surface area contributed by atoms with E-state index in [1.807, 2.05) is 0 Å². The number of nitrogens with zero attached hydrogens (tertiary/aromatic N) is 4. The molecule has 0 bridgehead atoms. The molecule has 4 aliphatic rings. The molecular weight excluding hydrogens is 697 g/mol. The maximum Gasteiger partial charge on any atom is 0.296 e. The van der Waals surface area contributed by atoms with Gasteiger partial charge in [-0.3, -0.25) is 0 Å². The Morgan fingerprint density at radius 3 is 1.82 bits per heavy atom. The molecule has 6 aromatic carbocycles. The summed E-state index contributed by atoms with van der Waals surface area (Å²) >= 11 is 0. The van der Waals surface area contributed by atoms with E-state index < -0.39 is 5.54 Å². The van der Waals surface area contributed by atoms with Crippen LogP contribution in [0.5, 0.6) is 11.5 Å². The minimum atomic E-state index is -0.629. The van der Waals surface area contributed by atoms with Gasteiger partial charge >= 0.3 is 0 Å². The van der Waals surface area contributed by atoms with Crippen molar-refractivity contribution in [3.8, 4) is 39.4 Å². The highest BCUT2D eigenvalue weighted by molar-refractivity contribution is 6.08. The van der Waals surface area contributed by atoms with E-state index in [9.17, 15) is 0 Å². The first-order valence-electron chi connectivity index (χ1n) is 20.3. The molecule has 4 aliphatic heterocycles. The van der Waals surface area contributed by atoms with Crippen LogP contribution in [0.15, 0.2) is 140 Å². The van der Waals surface area contributed by atoms with Gasteiger partial charge in [0, 0.05) is 12.4 Å². The van der Waals surface area contributed by atoms with Gasteiger partial charge in [-0.2, -0.15) is 4.57 Å². The summed E-state index contributed by atoms with van der Waals surface area (Å²) in [6.45, 7) is 13.9. The minimum absolute atomic E-state index is 0.0925. The van der Waals surface area contributed by atoms with Crippen molar-refractivity contribution in [3.05, 3.63) is 162 Å². The quantitative estimate of drug-likeness (QED) is 0.165. The molecule has 278 valence electrons. The molecule has 5 nitrogen and oxygen atoms in total. The summed E-state index contributed by atoms with van der Waals surface area (Å²) < 4.78 is 12.5. The molecule has 0 saturated carbocycles. The fourth-order valence-corrected chi connectivity index (χ4v) is 10.6. The molecule has 5 heteroatoms. The van der Waals surface area contributed by atoms with E-state index in [0.717, 1.165) is 11.5 Å². The van der Waals surface area contributed by atoms with Crippen LogP contribution in [-0.4, -0.2) is 17.8 Å². The number of benzene rings is 6. The Hall–Kier alpha value is -6.33. The van der Waals surface area contributed by atoms with Crippen LogP contribution in [0.25, 0.3) is 49.9 Å². The van der Waals surface area contributed by atoms with Crippen LogP contribution >= 0.6 is 0 Å². The zero-order valence-electron chi connectivity index (χ0n) is 33.6. The molecule has 0 N–H and O–H groups in total. The number of anilines is 3. The van der Waals surface area contributed by atoms with Gasteiger partial charge in [0.05, 0.1) is 39.8 Å². The van der Waals surface area contributed by atoms with Crippen LogP contribution in [-0.2, 0) is 16.4 Å². The minimum Gasteiger partial charge on any atom is -0.456 e. The van der Waals surface area contributed by atoms with Gasteiger partial charge in [0.15, 0.2) is 6.17 Å². The summed E-state index contributed by atoms with van der Waals surface area (Å²) in [5, 5.41) is 2.52. The first-order chi connectivity index (χ1) is 27.4. The number of hydrogen-bond acceptors (Lipinski definition) is 3. The van der Waals surface area contributed by atoms with Crippen LogP contribution < -0.4 is 19.1 Å². The maximum absolute atomic E-state index is 7.34. The highest BCUT2D eigenvalue weighted by atomic mass is 16.5. The number of rotatable bonds is 2. The largest absolute Gasteiger partial charge is 0.456 e. The SMILES string of the molecule is CN1c2ccc(-c3ccc(-c4ccccc4)cc3)cc2N2c3cc(C(C)(C)C)cc4c3C3(c5c(cc(C(C)(C)C)cc5-n5c6ccccc6c6ccc[n+]3c65)O4)C12. The van der Waals surface area contributed by atoms with Crippen LogP contribution in [0.4, 0.5) is 17.1 Å². The Balaban J connectivity index is 1.17. The first kappa shape index (κ1) is 32.9. The zero-order valence-corrected chi connectivity index (χ0v) is 33.6. The van der Waals surface area contributed by atoms with E-state index in [2.05, 4.69) is 207 Å². The lowest BCUT2D eigenvalue weighted by Crippen LogP contribution is -2.70. The number of aromatic nitrogens is 2. The monoisotopic (exact) mass is 741 g/mol. The molecule has 8 aromatic rings. The number of likely N-dealkylation sites (N-methyl/N-ethyl adjacent to an activating group) is 1. The second-order valence-corrected chi connectivity index (χ2v) is 18.6. The van der Waals surface area contributed by atoms with E-state index >= 15 is 0 Å². The molecule has 2 unspecified atom stereocenters. The second kappa shape index (κ2) is 10.7. The maximum atomic E-state index is 7.34. The van der Waals surface area contributed by atoms with Gasteiger partial charge in [-0.25, -0.2) is 4.57 Å². The second-order valence-electron chi connectivity index (χ2n) is 18.6. The third kappa shape index (κ3) is 4.11. The van der Waals surface area contributed by atoms with Crippen molar-refractivity contribution in [1.82, 2.24) is 4.57 Å². The van der Waals surface area contributed by atoms with E-state index in [0.29, 0.717) is 0 Å². The van der Waals surface area contributed by atoms with Crippen LogP contribution in [0.3, 0.4) is 0 Å². The van der Waals surface area contributed by atoms with E-state index in [-0.39, 0.29) is 17.0 Å². The third-order valence-corrected chi connectivity index (χ3v) is 13.3. The van der Waals surface area contributed by atoms with Crippen molar-refractivity contribution in [2.75, 3.05) is 16.8 Å². The lowest BCUT2D eigenvalue weighted by molar-refractivity contribution is -0.725. The van der Waals surface area contributed by atoms with Gasteiger partial charge in [-0.1, -0.05) is 114 Å². The van der Waals surface area contributed by atoms with Crippen LogP contribution in [0, 0.1) is 0 Å². The van der Waals surface area contributed by atoms with E-state index in [4.69, 9.17) is 4.74 Å². The van der Waals surface area contributed by atoms with Crippen molar-refractivity contribution in [2.45, 2.75) is 64.1 Å². The number of para-hydroxylation sites is 1. The van der Waals surface area contributed by atoms with Crippen LogP contribution in [0.2, 0.25) is 0 Å².